The Morgan fingerprint density at radius 3 is 2.89 bits per heavy atom. The van der Waals surface area contributed by atoms with Crippen molar-refractivity contribution >= 4 is 16.2 Å². The van der Waals surface area contributed by atoms with Crippen LogP contribution >= 0.6 is 0 Å². The van der Waals surface area contributed by atoms with Crippen molar-refractivity contribution in [3.05, 3.63) is 17.7 Å². The number of carboxylic acids is 1. The third-order valence-corrected chi connectivity index (χ3v) is 4.60. The van der Waals surface area contributed by atoms with Crippen molar-refractivity contribution in [1.82, 2.24) is 19.0 Å². The molecule has 0 aliphatic carbocycles. The van der Waals surface area contributed by atoms with Crippen molar-refractivity contribution in [2.45, 2.75) is 38.9 Å². The van der Waals surface area contributed by atoms with Crippen LogP contribution in [0.15, 0.2) is 6.33 Å². The molecule has 0 spiro atoms. The molecular weight excluding hydrogens is 272 g/mol. The van der Waals surface area contributed by atoms with Crippen LogP contribution in [0.5, 0.6) is 0 Å². The van der Waals surface area contributed by atoms with E-state index in [1.165, 1.54) is 6.33 Å². The van der Waals surface area contributed by atoms with Crippen LogP contribution in [0.25, 0.3) is 0 Å². The number of aromatic nitrogens is 2. The summed E-state index contributed by atoms with van der Waals surface area (Å²) in [6.45, 7) is 3.34. The number of carboxylic acid groups (broad SMARTS) is 1. The maximum Gasteiger partial charge on any atom is 0.322 e. The Morgan fingerprint density at radius 1 is 1.63 bits per heavy atom. The minimum atomic E-state index is -3.84. The first-order chi connectivity index (χ1) is 8.81. The zero-order chi connectivity index (χ0) is 14.2. The molecule has 9 heteroatoms. The highest BCUT2D eigenvalue weighted by molar-refractivity contribution is 7.87. The first-order valence-corrected chi connectivity index (χ1v) is 7.28. The average Bonchev–Trinajstić information content (AvgIpc) is 2.72. The number of imidazole rings is 1. The van der Waals surface area contributed by atoms with Crippen LogP contribution in [0.1, 0.15) is 25.2 Å². The van der Waals surface area contributed by atoms with E-state index < -0.39 is 22.2 Å². The molecular formula is C10H16N4O4S. The summed E-state index contributed by atoms with van der Waals surface area (Å²) < 4.78 is 27.7. The second-order valence-corrected chi connectivity index (χ2v) is 6.36. The number of rotatable bonds is 4. The molecule has 0 aromatic carbocycles. The number of aliphatic carboxylic acids is 1. The maximum atomic E-state index is 12.2. The second kappa shape index (κ2) is 4.91. The van der Waals surface area contributed by atoms with Crippen molar-refractivity contribution in [3.8, 4) is 0 Å². The van der Waals surface area contributed by atoms with Gasteiger partial charge >= 0.3 is 5.97 Å². The molecule has 3 N–H and O–H groups in total. The molecule has 0 fully saturated rings. The van der Waals surface area contributed by atoms with Gasteiger partial charge in [0.25, 0.3) is 10.2 Å². The number of aromatic amines is 1. The zero-order valence-electron chi connectivity index (χ0n) is 10.6. The lowest BCUT2D eigenvalue weighted by atomic mass is 10.1. The standard InChI is InChI=1S/C10H16N4O4S/c1-6(2)13-19(17,18)14-4-8-7(11-5-12-8)3-9(14)10(15)16/h5-6,9,13H,3-4H2,1-2H3,(H,11,12)(H,15,16). The number of hydrogen-bond donors (Lipinski definition) is 3. The summed E-state index contributed by atoms with van der Waals surface area (Å²) in [6.07, 6.45) is 1.50. The molecule has 0 saturated heterocycles. The average molecular weight is 288 g/mol. The maximum absolute atomic E-state index is 12.2. The molecule has 19 heavy (non-hydrogen) atoms. The first kappa shape index (κ1) is 14.0. The van der Waals surface area contributed by atoms with Gasteiger partial charge in [0.1, 0.15) is 6.04 Å². The quantitative estimate of drug-likeness (QED) is 0.688. The summed E-state index contributed by atoms with van der Waals surface area (Å²) >= 11 is 0. The van der Waals surface area contributed by atoms with Gasteiger partial charge in [-0.05, 0) is 13.8 Å². The van der Waals surface area contributed by atoms with Crippen LogP contribution in [0.4, 0.5) is 0 Å². The Morgan fingerprint density at radius 2 is 2.32 bits per heavy atom. The van der Waals surface area contributed by atoms with E-state index in [9.17, 15) is 18.3 Å². The zero-order valence-corrected chi connectivity index (χ0v) is 11.4. The van der Waals surface area contributed by atoms with E-state index in [-0.39, 0.29) is 19.0 Å². The van der Waals surface area contributed by atoms with E-state index >= 15 is 0 Å². The molecule has 8 nitrogen and oxygen atoms in total. The van der Waals surface area contributed by atoms with Crippen LogP contribution in [0.2, 0.25) is 0 Å². The van der Waals surface area contributed by atoms with E-state index in [1.54, 1.807) is 13.8 Å². The van der Waals surface area contributed by atoms with E-state index in [1.807, 2.05) is 0 Å². The van der Waals surface area contributed by atoms with Crippen molar-refractivity contribution in [3.63, 3.8) is 0 Å². The van der Waals surface area contributed by atoms with Gasteiger partial charge in [-0.3, -0.25) is 4.79 Å². The summed E-state index contributed by atoms with van der Waals surface area (Å²) in [6, 6.07) is -1.44. The Bertz CT molecular complexity index is 580. The molecule has 0 saturated carbocycles. The molecule has 0 radical (unpaired) electrons. The lowest BCUT2D eigenvalue weighted by Crippen LogP contribution is -2.53. The molecule has 1 aliphatic rings. The lowest BCUT2D eigenvalue weighted by molar-refractivity contribution is -0.141. The Balaban J connectivity index is 2.35. The first-order valence-electron chi connectivity index (χ1n) is 5.84. The summed E-state index contributed by atoms with van der Waals surface area (Å²) in [5.74, 6) is -1.18. The Hall–Kier alpha value is -1.45. The minimum absolute atomic E-state index is 0.0195. The highest BCUT2D eigenvalue weighted by Gasteiger charge is 2.40. The monoisotopic (exact) mass is 288 g/mol. The predicted molar refractivity (Wildman–Crippen MR) is 66.5 cm³/mol. The van der Waals surface area contributed by atoms with Gasteiger partial charge in [0.15, 0.2) is 0 Å². The number of fused-ring (bicyclic) bond motifs is 1. The van der Waals surface area contributed by atoms with E-state index in [4.69, 9.17) is 0 Å². The minimum Gasteiger partial charge on any atom is -0.480 e. The Labute approximate surface area is 111 Å². The summed E-state index contributed by atoms with van der Waals surface area (Å²) in [7, 11) is -3.84. The molecule has 0 bridgehead atoms. The molecule has 1 unspecified atom stereocenters. The smallest absolute Gasteiger partial charge is 0.322 e. The Kier molecular flexibility index (Phi) is 3.61. The van der Waals surface area contributed by atoms with E-state index in [0.717, 1.165) is 4.31 Å². The van der Waals surface area contributed by atoms with Crippen LogP contribution in [0.3, 0.4) is 0 Å². The number of nitrogens with one attached hydrogen (secondary N) is 2. The summed E-state index contributed by atoms with van der Waals surface area (Å²) in [5, 5.41) is 9.20. The van der Waals surface area contributed by atoms with Gasteiger partial charge < -0.3 is 10.1 Å². The molecule has 106 valence electrons. The molecule has 1 aromatic rings. The van der Waals surface area contributed by atoms with E-state index in [2.05, 4.69) is 14.7 Å². The number of nitrogens with zero attached hydrogens (tertiary/aromatic N) is 2. The topological polar surface area (TPSA) is 115 Å². The van der Waals surface area contributed by atoms with E-state index in [0.29, 0.717) is 11.4 Å². The second-order valence-electron chi connectivity index (χ2n) is 4.71. The predicted octanol–water partition coefficient (Wildman–Crippen LogP) is -0.536. The van der Waals surface area contributed by atoms with Gasteiger partial charge in [0.05, 0.1) is 24.3 Å². The third kappa shape index (κ3) is 2.77. The van der Waals surface area contributed by atoms with Gasteiger partial charge in [-0.15, -0.1) is 0 Å². The number of carbonyl (C=O) groups is 1. The third-order valence-electron chi connectivity index (χ3n) is 2.83. The van der Waals surface area contributed by atoms with Crippen LogP contribution in [-0.2, 0) is 28.0 Å². The molecule has 2 heterocycles. The van der Waals surface area contributed by atoms with Gasteiger partial charge in [-0.25, -0.2) is 4.98 Å². The summed E-state index contributed by atoms with van der Waals surface area (Å²) in [4.78, 5) is 18.1. The SMILES string of the molecule is CC(C)NS(=O)(=O)N1Cc2[nH]cnc2CC1C(=O)O. The van der Waals surface area contributed by atoms with Gasteiger partial charge in [0.2, 0.25) is 0 Å². The number of hydrogen-bond acceptors (Lipinski definition) is 4. The molecule has 1 atom stereocenters. The highest BCUT2D eigenvalue weighted by Crippen LogP contribution is 2.23. The van der Waals surface area contributed by atoms with Crippen LogP contribution < -0.4 is 4.72 Å². The van der Waals surface area contributed by atoms with Gasteiger partial charge in [-0.2, -0.15) is 17.4 Å². The molecule has 2 rings (SSSR count). The largest absolute Gasteiger partial charge is 0.480 e. The van der Waals surface area contributed by atoms with Crippen LogP contribution in [0, 0.1) is 0 Å². The summed E-state index contributed by atoms with van der Waals surface area (Å²) in [5.41, 5.74) is 1.23. The fourth-order valence-electron chi connectivity index (χ4n) is 2.04. The molecule has 0 amide bonds. The van der Waals surface area contributed by atoms with Crippen molar-refractivity contribution < 1.29 is 18.3 Å². The molecule has 1 aromatic heterocycles. The fourth-order valence-corrected chi connectivity index (χ4v) is 3.57. The van der Waals surface area contributed by atoms with Crippen LogP contribution in [-0.4, -0.2) is 45.9 Å². The normalized spacial score (nSPS) is 20.5. The van der Waals surface area contributed by atoms with Crippen molar-refractivity contribution in [1.29, 1.82) is 0 Å². The van der Waals surface area contributed by atoms with Crippen molar-refractivity contribution in [2.75, 3.05) is 0 Å². The fraction of sp³-hybridized carbons (Fsp3) is 0.600. The highest BCUT2D eigenvalue weighted by atomic mass is 32.2. The lowest BCUT2D eigenvalue weighted by Gasteiger charge is -2.31. The van der Waals surface area contributed by atoms with Gasteiger partial charge in [0, 0.05) is 12.5 Å². The molecule has 1 aliphatic heterocycles. The van der Waals surface area contributed by atoms with Gasteiger partial charge in [-0.1, -0.05) is 0 Å². The van der Waals surface area contributed by atoms with Crippen molar-refractivity contribution in [2.24, 2.45) is 0 Å². The number of H-pyrrole nitrogens is 1.